The molecule has 1 nitrogen and oxygen atoms in total. The first-order chi connectivity index (χ1) is 7.96. The first-order valence-corrected chi connectivity index (χ1v) is 6.78. The second kappa shape index (κ2) is 4.58. The lowest BCUT2D eigenvalue weighted by Gasteiger charge is -2.31. The van der Waals surface area contributed by atoms with Gasteiger partial charge in [0.2, 0.25) is 0 Å². The van der Waals surface area contributed by atoms with Gasteiger partial charge in [-0.05, 0) is 38.0 Å². The van der Waals surface area contributed by atoms with Gasteiger partial charge in [0.05, 0.1) is 0 Å². The summed E-state index contributed by atoms with van der Waals surface area (Å²) in [6, 6.07) is 2.75. The Kier molecular flexibility index (Phi) is 3.46. The largest absolute Gasteiger partial charge is 0.323 e. The van der Waals surface area contributed by atoms with E-state index in [9.17, 15) is 8.78 Å². The molecule has 1 saturated heterocycles. The van der Waals surface area contributed by atoms with Crippen molar-refractivity contribution >= 4 is 11.8 Å². The monoisotopic (exact) mass is 257 g/mol. The molecule has 1 fully saturated rings. The van der Waals surface area contributed by atoms with E-state index in [-0.39, 0.29) is 4.75 Å². The van der Waals surface area contributed by atoms with E-state index in [2.05, 4.69) is 0 Å². The summed E-state index contributed by atoms with van der Waals surface area (Å²) >= 11 is 1.75. The van der Waals surface area contributed by atoms with E-state index in [1.54, 1.807) is 30.8 Å². The standard InChI is InChI=1S/C13H17F2NS/c1-8-4-5-9(11(15)10(8)14)12(16)13(2)6-3-7-17-13/h4-5,12H,3,6-7,16H2,1-2H3. The Labute approximate surface area is 105 Å². The summed E-state index contributed by atoms with van der Waals surface area (Å²) in [5, 5.41) is 0. The zero-order valence-electron chi connectivity index (χ0n) is 10.1. The molecule has 1 aliphatic heterocycles. The lowest BCUT2D eigenvalue weighted by Crippen LogP contribution is -2.34. The van der Waals surface area contributed by atoms with Gasteiger partial charge in [0.25, 0.3) is 0 Å². The van der Waals surface area contributed by atoms with Crippen molar-refractivity contribution in [3.63, 3.8) is 0 Å². The van der Waals surface area contributed by atoms with Crippen LogP contribution < -0.4 is 5.73 Å². The fourth-order valence-electron chi connectivity index (χ4n) is 2.28. The summed E-state index contributed by atoms with van der Waals surface area (Å²) in [7, 11) is 0. The molecule has 0 radical (unpaired) electrons. The lowest BCUT2D eigenvalue weighted by atomic mass is 9.90. The molecule has 2 unspecified atom stereocenters. The highest BCUT2D eigenvalue weighted by Gasteiger charge is 2.38. The summed E-state index contributed by atoms with van der Waals surface area (Å²) in [6.07, 6.45) is 2.04. The Bertz CT molecular complexity index is 428. The van der Waals surface area contributed by atoms with E-state index in [0.717, 1.165) is 18.6 Å². The maximum atomic E-state index is 13.9. The van der Waals surface area contributed by atoms with Gasteiger partial charge < -0.3 is 5.73 Å². The fourth-order valence-corrected chi connectivity index (χ4v) is 3.63. The van der Waals surface area contributed by atoms with Gasteiger partial charge in [-0.2, -0.15) is 11.8 Å². The molecule has 0 aliphatic carbocycles. The molecule has 0 spiro atoms. The third kappa shape index (κ3) is 2.20. The molecular formula is C13H17F2NS. The minimum atomic E-state index is -0.786. The Balaban J connectivity index is 2.37. The molecule has 1 heterocycles. The molecule has 0 aromatic heterocycles. The topological polar surface area (TPSA) is 26.0 Å². The van der Waals surface area contributed by atoms with Crippen LogP contribution in [0.15, 0.2) is 12.1 Å². The predicted octanol–water partition coefficient (Wildman–Crippen LogP) is 3.56. The number of halogens is 2. The van der Waals surface area contributed by atoms with Gasteiger partial charge in [-0.3, -0.25) is 0 Å². The van der Waals surface area contributed by atoms with Crippen LogP contribution >= 0.6 is 11.8 Å². The zero-order chi connectivity index (χ0) is 12.6. The van der Waals surface area contributed by atoms with Crippen molar-refractivity contribution < 1.29 is 8.78 Å². The van der Waals surface area contributed by atoms with Crippen LogP contribution in [0.25, 0.3) is 0 Å². The van der Waals surface area contributed by atoms with Crippen LogP contribution in [-0.2, 0) is 0 Å². The first-order valence-electron chi connectivity index (χ1n) is 5.80. The fraction of sp³-hybridized carbons (Fsp3) is 0.538. The number of hydrogen-bond donors (Lipinski definition) is 1. The van der Waals surface area contributed by atoms with Crippen molar-refractivity contribution in [1.82, 2.24) is 0 Å². The normalized spacial score (nSPS) is 26.2. The molecule has 1 aromatic rings. The number of nitrogens with two attached hydrogens (primary N) is 1. The van der Waals surface area contributed by atoms with Gasteiger partial charge in [0.1, 0.15) is 0 Å². The van der Waals surface area contributed by atoms with E-state index in [4.69, 9.17) is 5.73 Å². The van der Waals surface area contributed by atoms with Crippen molar-refractivity contribution in [1.29, 1.82) is 0 Å². The van der Waals surface area contributed by atoms with Crippen LogP contribution in [0.1, 0.15) is 36.9 Å². The molecule has 0 bridgehead atoms. The Morgan fingerprint density at radius 3 is 2.65 bits per heavy atom. The molecule has 4 heteroatoms. The van der Waals surface area contributed by atoms with E-state index < -0.39 is 17.7 Å². The van der Waals surface area contributed by atoms with Gasteiger partial charge in [0.15, 0.2) is 11.6 Å². The van der Waals surface area contributed by atoms with Crippen molar-refractivity contribution in [3.8, 4) is 0 Å². The number of rotatable bonds is 2. The lowest BCUT2D eigenvalue weighted by molar-refractivity contribution is 0.448. The van der Waals surface area contributed by atoms with E-state index in [0.29, 0.717) is 11.1 Å². The summed E-state index contributed by atoms with van der Waals surface area (Å²) < 4.78 is 27.2. The van der Waals surface area contributed by atoms with Crippen LogP contribution in [0.4, 0.5) is 8.78 Å². The molecule has 94 valence electrons. The maximum absolute atomic E-state index is 13.9. The van der Waals surface area contributed by atoms with Crippen molar-refractivity contribution in [3.05, 3.63) is 34.9 Å². The molecule has 0 amide bonds. The summed E-state index contributed by atoms with van der Waals surface area (Å²) in [5.74, 6) is -0.518. The molecule has 1 aromatic carbocycles. The van der Waals surface area contributed by atoms with Gasteiger partial charge in [0, 0.05) is 16.4 Å². The van der Waals surface area contributed by atoms with E-state index >= 15 is 0 Å². The second-order valence-electron chi connectivity index (χ2n) is 4.84. The predicted molar refractivity (Wildman–Crippen MR) is 68.1 cm³/mol. The SMILES string of the molecule is Cc1ccc(C(N)C2(C)CCCS2)c(F)c1F. The van der Waals surface area contributed by atoms with Gasteiger partial charge in [-0.25, -0.2) is 8.78 Å². The van der Waals surface area contributed by atoms with Crippen LogP contribution in [0.3, 0.4) is 0 Å². The quantitative estimate of drug-likeness (QED) is 0.876. The van der Waals surface area contributed by atoms with Crippen molar-refractivity contribution in [2.24, 2.45) is 5.73 Å². The molecular weight excluding hydrogens is 240 g/mol. The minimum absolute atomic E-state index is 0.178. The molecule has 17 heavy (non-hydrogen) atoms. The zero-order valence-corrected chi connectivity index (χ0v) is 10.9. The highest BCUT2D eigenvalue weighted by atomic mass is 32.2. The van der Waals surface area contributed by atoms with Gasteiger partial charge in [-0.15, -0.1) is 0 Å². The Morgan fingerprint density at radius 1 is 1.35 bits per heavy atom. The molecule has 2 rings (SSSR count). The Hall–Kier alpha value is -0.610. The molecule has 1 aliphatic rings. The maximum Gasteiger partial charge on any atom is 0.163 e. The minimum Gasteiger partial charge on any atom is -0.323 e. The third-order valence-electron chi connectivity index (χ3n) is 3.55. The van der Waals surface area contributed by atoms with Crippen LogP contribution in [0.5, 0.6) is 0 Å². The van der Waals surface area contributed by atoms with Crippen molar-refractivity contribution in [2.45, 2.75) is 37.5 Å². The van der Waals surface area contributed by atoms with Crippen LogP contribution in [0, 0.1) is 18.6 Å². The van der Waals surface area contributed by atoms with Gasteiger partial charge in [-0.1, -0.05) is 12.1 Å². The molecule has 0 saturated carbocycles. The van der Waals surface area contributed by atoms with E-state index in [1.807, 2.05) is 6.92 Å². The summed E-state index contributed by atoms with van der Waals surface area (Å²) in [5.41, 5.74) is 6.75. The average molecular weight is 257 g/mol. The molecule has 2 atom stereocenters. The van der Waals surface area contributed by atoms with Crippen LogP contribution in [-0.4, -0.2) is 10.5 Å². The van der Waals surface area contributed by atoms with E-state index in [1.165, 1.54) is 0 Å². The summed E-state index contributed by atoms with van der Waals surface area (Å²) in [4.78, 5) is 0. The Morgan fingerprint density at radius 2 is 2.06 bits per heavy atom. The highest BCUT2D eigenvalue weighted by molar-refractivity contribution is 8.00. The number of thioether (sulfide) groups is 1. The number of aryl methyl sites for hydroxylation is 1. The van der Waals surface area contributed by atoms with Crippen molar-refractivity contribution in [2.75, 3.05) is 5.75 Å². The van der Waals surface area contributed by atoms with Gasteiger partial charge >= 0.3 is 0 Å². The number of benzene rings is 1. The second-order valence-corrected chi connectivity index (χ2v) is 6.47. The number of hydrogen-bond acceptors (Lipinski definition) is 2. The third-order valence-corrected chi connectivity index (χ3v) is 5.16. The summed E-state index contributed by atoms with van der Waals surface area (Å²) in [6.45, 7) is 3.59. The smallest absolute Gasteiger partial charge is 0.163 e. The van der Waals surface area contributed by atoms with Crippen LogP contribution in [0.2, 0.25) is 0 Å². The average Bonchev–Trinajstić information content (AvgIpc) is 2.74. The first kappa shape index (κ1) is 12.8. The molecule has 2 N–H and O–H groups in total. The highest BCUT2D eigenvalue weighted by Crippen LogP contribution is 2.46.